The molecular formula is C21H25N. The predicted octanol–water partition coefficient (Wildman–Crippen LogP) is 4.79. The molecule has 1 heteroatoms. The lowest BCUT2D eigenvalue weighted by molar-refractivity contribution is 0.124. The Bertz CT molecular complexity index is 677. The summed E-state index contributed by atoms with van der Waals surface area (Å²) in [7, 11) is 2.32. The van der Waals surface area contributed by atoms with Crippen molar-refractivity contribution in [3.05, 3.63) is 71.3 Å². The number of hydrogen-bond acceptors (Lipinski definition) is 1. The molecule has 1 saturated heterocycles. The quantitative estimate of drug-likeness (QED) is 0.730. The van der Waals surface area contributed by atoms with E-state index in [4.69, 9.17) is 0 Å². The van der Waals surface area contributed by atoms with E-state index in [-0.39, 0.29) is 5.54 Å². The minimum Gasteiger partial charge on any atom is -0.298 e. The monoisotopic (exact) mass is 291 g/mol. The van der Waals surface area contributed by atoms with Crippen molar-refractivity contribution < 1.29 is 0 Å². The summed E-state index contributed by atoms with van der Waals surface area (Å²) in [5.41, 5.74) is 4.87. The molecule has 1 aliphatic carbocycles. The summed E-state index contributed by atoms with van der Waals surface area (Å²) in [6.45, 7) is 4.86. The van der Waals surface area contributed by atoms with Gasteiger partial charge in [-0.15, -0.1) is 0 Å². The van der Waals surface area contributed by atoms with E-state index in [1.54, 1.807) is 11.1 Å². The third kappa shape index (κ3) is 1.88. The second-order valence-corrected chi connectivity index (χ2v) is 7.40. The van der Waals surface area contributed by atoms with E-state index >= 15 is 0 Å². The first-order valence-electron chi connectivity index (χ1n) is 8.48. The molecule has 1 aliphatic heterocycles. The third-order valence-corrected chi connectivity index (χ3v) is 6.36. The Morgan fingerprint density at radius 2 is 1.59 bits per heavy atom. The van der Waals surface area contributed by atoms with Crippen LogP contribution in [0.15, 0.2) is 54.6 Å². The maximum Gasteiger partial charge on any atom is 0.0259 e. The molecule has 1 heterocycles. The fraction of sp³-hybridized carbons (Fsp3) is 0.429. The fourth-order valence-electron chi connectivity index (χ4n) is 4.90. The fourth-order valence-corrected chi connectivity index (χ4v) is 4.90. The molecule has 4 atom stereocenters. The van der Waals surface area contributed by atoms with Crippen molar-refractivity contribution in [2.75, 3.05) is 7.05 Å². The molecular weight excluding hydrogens is 266 g/mol. The largest absolute Gasteiger partial charge is 0.298 e. The zero-order valence-corrected chi connectivity index (χ0v) is 13.8. The third-order valence-electron chi connectivity index (χ3n) is 6.36. The number of fused-ring (bicyclic) bond motifs is 3. The Morgan fingerprint density at radius 3 is 2.32 bits per heavy atom. The molecule has 0 aromatic heterocycles. The Kier molecular flexibility index (Phi) is 3.16. The molecule has 1 nitrogen and oxygen atoms in total. The van der Waals surface area contributed by atoms with Crippen LogP contribution in [0.5, 0.6) is 0 Å². The summed E-state index contributed by atoms with van der Waals surface area (Å²) in [5, 5.41) is 0. The van der Waals surface area contributed by atoms with E-state index in [1.165, 1.54) is 18.4 Å². The van der Waals surface area contributed by atoms with Crippen molar-refractivity contribution in [2.45, 2.75) is 50.1 Å². The van der Waals surface area contributed by atoms with Crippen LogP contribution in [-0.2, 0) is 0 Å². The van der Waals surface area contributed by atoms with Crippen LogP contribution in [-0.4, -0.2) is 23.5 Å². The molecule has 0 radical (unpaired) electrons. The standard InChI is InChI=1S/C21H25N/c1-15-13-20-18-12-8-7-11-17(18)19(14-21(20,2)22(15)3)16-9-5-4-6-10-16/h4-12,15,19-20H,13-14H2,1-3H3. The average molecular weight is 291 g/mol. The van der Waals surface area contributed by atoms with Gasteiger partial charge in [0.15, 0.2) is 0 Å². The number of likely N-dealkylation sites (tertiary alicyclic amines) is 1. The van der Waals surface area contributed by atoms with Gasteiger partial charge in [-0.3, -0.25) is 4.90 Å². The van der Waals surface area contributed by atoms with Gasteiger partial charge in [-0.25, -0.2) is 0 Å². The first-order valence-corrected chi connectivity index (χ1v) is 8.48. The zero-order chi connectivity index (χ0) is 15.3. The van der Waals surface area contributed by atoms with Gasteiger partial charge in [-0.2, -0.15) is 0 Å². The lowest BCUT2D eigenvalue weighted by Gasteiger charge is -2.46. The highest BCUT2D eigenvalue weighted by Crippen LogP contribution is 2.55. The van der Waals surface area contributed by atoms with Crippen LogP contribution in [0, 0.1) is 0 Å². The first-order chi connectivity index (χ1) is 10.6. The highest BCUT2D eigenvalue weighted by molar-refractivity contribution is 5.46. The molecule has 0 spiro atoms. The Morgan fingerprint density at radius 1 is 0.955 bits per heavy atom. The molecule has 22 heavy (non-hydrogen) atoms. The molecule has 4 rings (SSSR count). The highest BCUT2D eigenvalue weighted by Gasteiger charge is 2.51. The van der Waals surface area contributed by atoms with Crippen LogP contribution in [0.4, 0.5) is 0 Å². The van der Waals surface area contributed by atoms with Gasteiger partial charge in [0.1, 0.15) is 0 Å². The Labute approximate surface area is 134 Å². The number of benzene rings is 2. The minimum atomic E-state index is 0.272. The molecule has 1 fully saturated rings. The summed E-state index contributed by atoms with van der Waals surface area (Å²) in [5.74, 6) is 1.19. The van der Waals surface area contributed by atoms with E-state index in [0.29, 0.717) is 17.9 Å². The molecule has 0 saturated carbocycles. The van der Waals surface area contributed by atoms with Crippen LogP contribution in [0.3, 0.4) is 0 Å². The van der Waals surface area contributed by atoms with Crippen molar-refractivity contribution >= 4 is 0 Å². The lowest BCUT2D eigenvalue weighted by Crippen LogP contribution is -2.47. The van der Waals surface area contributed by atoms with Crippen molar-refractivity contribution in [1.29, 1.82) is 0 Å². The predicted molar refractivity (Wildman–Crippen MR) is 92.3 cm³/mol. The van der Waals surface area contributed by atoms with E-state index in [1.807, 2.05) is 0 Å². The highest BCUT2D eigenvalue weighted by atomic mass is 15.2. The van der Waals surface area contributed by atoms with E-state index in [2.05, 4.69) is 80.4 Å². The van der Waals surface area contributed by atoms with Crippen LogP contribution >= 0.6 is 0 Å². The van der Waals surface area contributed by atoms with Gasteiger partial charge in [0.05, 0.1) is 0 Å². The van der Waals surface area contributed by atoms with Gasteiger partial charge in [-0.05, 0) is 50.4 Å². The molecule has 2 aromatic carbocycles. The van der Waals surface area contributed by atoms with Gasteiger partial charge in [0.25, 0.3) is 0 Å². The van der Waals surface area contributed by atoms with Gasteiger partial charge < -0.3 is 0 Å². The van der Waals surface area contributed by atoms with Crippen molar-refractivity contribution in [3.63, 3.8) is 0 Å². The second kappa shape index (κ2) is 4.96. The molecule has 0 N–H and O–H groups in total. The summed E-state index contributed by atoms with van der Waals surface area (Å²) < 4.78 is 0. The number of nitrogens with zero attached hydrogens (tertiary/aromatic N) is 1. The smallest absolute Gasteiger partial charge is 0.0259 e. The molecule has 0 bridgehead atoms. The number of hydrogen-bond donors (Lipinski definition) is 0. The van der Waals surface area contributed by atoms with Gasteiger partial charge in [0, 0.05) is 23.4 Å². The maximum absolute atomic E-state index is 2.63. The summed E-state index contributed by atoms with van der Waals surface area (Å²) in [6.07, 6.45) is 2.51. The van der Waals surface area contributed by atoms with Crippen molar-refractivity contribution in [3.8, 4) is 0 Å². The summed E-state index contributed by atoms with van der Waals surface area (Å²) in [6, 6.07) is 20.9. The van der Waals surface area contributed by atoms with Crippen LogP contribution in [0.25, 0.3) is 0 Å². The normalized spacial score (nSPS) is 34.2. The molecule has 2 aromatic rings. The van der Waals surface area contributed by atoms with Crippen LogP contribution < -0.4 is 0 Å². The van der Waals surface area contributed by atoms with Crippen molar-refractivity contribution in [2.24, 2.45) is 0 Å². The minimum absolute atomic E-state index is 0.272. The Balaban J connectivity index is 1.88. The van der Waals surface area contributed by atoms with Crippen molar-refractivity contribution in [1.82, 2.24) is 4.90 Å². The second-order valence-electron chi connectivity index (χ2n) is 7.40. The number of likely N-dealkylation sites (N-methyl/N-ethyl adjacent to an activating group) is 1. The van der Waals surface area contributed by atoms with Crippen LogP contribution in [0.2, 0.25) is 0 Å². The summed E-state index contributed by atoms with van der Waals surface area (Å²) >= 11 is 0. The molecule has 2 aliphatic rings. The number of rotatable bonds is 1. The SMILES string of the molecule is CC1CC2c3ccccc3C(c3ccccc3)CC2(C)N1C. The average Bonchev–Trinajstić information content (AvgIpc) is 2.79. The zero-order valence-electron chi connectivity index (χ0n) is 13.8. The topological polar surface area (TPSA) is 3.24 Å². The van der Waals surface area contributed by atoms with Gasteiger partial charge in [0.2, 0.25) is 0 Å². The molecule has 4 unspecified atom stereocenters. The molecule has 0 amide bonds. The van der Waals surface area contributed by atoms with E-state index < -0.39 is 0 Å². The first kappa shape index (κ1) is 14.0. The van der Waals surface area contributed by atoms with Gasteiger partial charge >= 0.3 is 0 Å². The van der Waals surface area contributed by atoms with E-state index in [0.717, 1.165) is 0 Å². The van der Waals surface area contributed by atoms with Gasteiger partial charge in [-0.1, -0.05) is 54.6 Å². The lowest BCUT2D eigenvalue weighted by atomic mass is 9.65. The Hall–Kier alpha value is -1.60. The van der Waals surface area contributed by atoms with E-state index in [9.17, 15) is 0 Å². The molecule has 114 valence electrons. The van der Waals surface area contributed by atoms with Crippen LogP contribution in [0.1, 0.15) is 55.2 Å². The summed E-state index contributed by atoms with van der Waals surface area (Å²) in [4.78, 5) is 2.63. The maximum atomic E-state index is 2.63.